The quantitative estimate of drug-likeness (QED) is 0.841. The Hall–Kier alpha value is -0.620. The van der Waals surface area contributed by atoms with Crippen molar-refractivity contribution in [2.45, 2.75) is 44.2 Å². The monoisotopic (exact) mass is 316 g/mol. The third kappa shape index (κ3) is 3.34. The van der Waals surface area contributed by atoms with Crippen LogP contribution in [0.3, 0.4) is 0 Å². The van der Waals surface area contributed by atoms with Gasteiger partial charge in [0.2, 0.25) is 10.0 Å². The first kappa shape index (κ1) is 15.8. The zero-order valence-corrected chi connectivity index (χ0v) is 13.5. The average Bonchev–Trinajstić information content (AvgIpc) is 3.22. The molecule has 1 saturated carbocycles. The van der Waals surface area contributed by atoms with Gasteiger partial charge in [-0.3, -0.25) is 0 Å². The molecule has 1 aromatic carbocycles. The Kier molecular flexibility index (Phi) is 5.07. The van der Waals surface area contributed by atoms with Gasteiger partial charge in [-0.15, -0.1) is 0 Å². The number of nitrogens with one attached hydrogen (secondary N) is 1. The van der Waals surface area contributed by atoms with Gasteiger partial charge in [-0.1, -0.05) is 25.4 Å². The molecule has 0 saturated heterocycles. The van der Waals surface area contributed by atoms with Crippen LogP contribution in [0.25, 0.3) is 0 Å². The molecule has 1 aliphatic carbocycles. The summed E-state index contributed by atoms with van der Waals surface area (Å²) in [4.78, 5) is 0.337. The van der Waals surface area contributed by atoms with Crippen molar-refractivity contribution in [2.75, 3.05) is 13.1 Å². The molecule has 0 amide bonds. The molecule has 4 nitrogen and oxygen atoms in total. The highest BCUT2D eigenvalue weighted by Crippen LogP contribution is 2.32. The van der Waals surface area contributed by atoms with Crippen molar-refractivity contribution in [1.82, 2.24) is 9.62 Å². The maximum atomic E-state index is 12.6. The van der Waals surface area contributed by atoms with Gasteiger partial charge in [-0.25, -0.2) is 8.42 Å². The minimum atomic E-state index is -3.41. The Bertz CT molecular complexity index is 571. The molecule has 1 fully saturated rings. The molecular formula is C14H21ClN2O2S. The molecule has 6 heteroatoms. The van der Waals surface area contributed by atoms with Gasteiger partial charge in [0.05, 0.1) is 4.90 Å². The van der Waals surface area contributed by atoms with Crippen LogP contribution in [0, 0.1) is 0 Å². The van der Waals surface area contributed by atoms with Crippen LogP contribution in [0.5, 0.6) is 0 Å². The van der Waals surface area contributed by atoms with Gasteiger partial charge in [-0.05, 0) is 43.1 Å². The number of hydrogen-bond donors (Lipinski definition) is 1. The molecular weight excluding hydrogens is 296 g/mol. The Labute approximate surface area is 126 Å². The lowest BCUT2D eigenvalue weighted by Gasteiger charge is -2.20. The zero-order chi connectivity index (χ0) is 14.8. The standard InChI is InChI=1S/C14H21ClN2O2S/c1-3-16-10-11-9-13(7-8-14(11)15)20(18,19)17(4-2)12-5-6-12/h7-9,12,16H,3-6,10H2,1-2H3. The van der Waals surface area contributed by atoms with Crippen molar-refractivity contribution >= 4 is 21.6 Å². The van der Waals surface area contributed by atoms with Crippen molar-refractivity contribution in [2.24, 2.45) is 0 Å². The van der Waals surface area contributed by atoms with Gasteiger partial charge in [0.25, 0.3) is 0 Å². The summed E-state index contributed by atoms with van der Waals surface area (Å²) < 4.78 is 26.9. The smallest absolute Gasteiger partial charge is 0.243 e. The van der Waals surface area contributed by atoms with Crippen LogP contribution in [-0.2, 0) is 16.6 Å². The summed E-state index contributed by atoms with van der Waals surface area (Å²) in [5, 5.41) is 3.77. The van der Waals surface area contributed by atoms with Crippen molar-refractivity contribution in [3.8, 4) is 0 Å². The van der Waals surface area contributed by atoms with Crippen LogP contribution in [0.1, 0.15) is 32.3 Å². The molecule has 0 heterocycles. The molecule has 1 aliphatic rings. The normalized spacial score (nSPS) is 15.8. The van der Waals surface area contributed by atoms with Gasteiger partial charge >= 0.3 is 0 Å². The van der Waals surface area contributed by atoms with Crippen LogP contribution in [0.15, 0.2) is 23.1 Å². The van der Waals surface area contributed by atoms with Crippen LogP contribution in [-0.4, -0.2) is 31.9 Å². The van der Waals surface area contributed by atoms with E-state index in [1.807, 2.05) is 13.8 Å². The molecule has 20 heavy (non-hydrogen) atoms. The van der Waals surface area contributed by atoms with Crippen LogP contribution < -0.4 is 5.32 Å². The van der Waals surface area contributed by atoms with Crippen LogP contribution in [0.2, 0.25) is 5.02 Å². The second-order valence-electron chi connectivity index (χ2n) is 4.97. The van der Waals surface area contributed by atoms with E-state index in [0.29, 0.717) is 23.0 Å². The molecule has 0 atom stereocenters. The molecule has 1 aromatic rings. The Balaban J connectivity index is 2.31. The first-order valence-corrected chi connectivity index (χ1v) is 8.83. The Morgan fingerprint density at radius 2 is 2.05 bits per heavy atom. The highest BCUT2D eigenvalue weighted by molar-refractivity contribution is 7.89. The van der Waals surface area contributed by atoms with Crippen molar-refractivity contribution in [3.63, 3.8) is 0 Å². The summed E-state index contributed by atoms with van der Waals surface area (Å²) in [5.41, 5.74) is 0.821. The first-order chi connectivity index (χ1) is 9.50. The Morgan fingerprint density at radius 3 is 2.60 bits per heavy atom. The van der Waals surface area contributed by atoms with Gasteiger partial charge in [-0.2, -0.15) is 4.31 Å². The minimum Gasteiger partial charge on any atom is -0.313 e. The van der Waals surface area contributed by atoms with E-state index in [0.717, 1.165) is 24.9 Å². The zero-order valence-electron chi connectivity index (χ0n) is 11.9. The van der Waals surface area contributed by atoms with Crippen LogP contribution >= 0.6 is 11.6 Å². The van der Waals surface area contributed by atoms with E-state index in [-0.39, 0.29) is 6.04 Å². The largest absolute Gasteiger partial charge is 0.313 e. The molecule has 0 bridgehead atoms. The lowest BCUT2D eigenvalue weighted by atomic mass is 10.2. The third-order valence-electron chi connectivity index (χ3n) is 3.46. The average molecular weight is 317 g/mol. The number of nitrogens with zero attached hydrogens (tertiary/aromatic N) is 1. The van der Waals surface area contributed by atoms with E-state index in [9.17, 15) is 8.42 Å². The fraction of sp³-hybridized carbons (Fsp3) is 0.571. The summed E-state index contributed by atoms with van der Waals surface area (Å²) in [6.07, 6.45) is 1.93. The molecule has 112 valence electrons. The second-order valence-corrected chi connectivity index (χ2v) is 7.27. The van der Waals surface area contributed by atoms with E-state index in [1.54, 1.807) is 22.5 Å². The first-order valence-electron chi connectivity index (χ1n) is 7.01. The SMILES string of the molecule is CCNCc1cc(S(=O)(=O)N(CC)C2CC2)ccc1Cl. The lowest BCUT2D eigenvalue weighted by Crippen LogP contribution is -2.33. The van der Waals surface area contributed by atoms with Crippen molar-refractivity contribution in [3.05, 3.63) is 28.8 Å². The summed E-state index contributed by atoms with van der Waals surface area (Å²) in [6, 6.07) is 5.13. The predicted molar refractivity (Wildman–Crippen MR) is 81.4 cm³/mol. The maximum absolute atomic E-state index is 12.6. The second kappa shape index (κ2) is 6.43. The number of halogens is 1. The number of benzene rings is 1. The third-order valence-corrected chi connectivity index (χ3v) is 5.85. The summed E-state index contributed by atoms with van der Waals surface area (Å²) in [7, 11) is -3.41. The highest BCUT2D eigenvalue weighted by Gasteiger charge is 2.36. The van der Waals surface area contributed by atoms with E-state index in [4.69, 9.17) is 11.6 Å². The summed E-state index contributed by atoms with van der Waals surface area (Å²) >= 11 is 6.12. The van der Waals surface area contributed by atoms with E-state index in [1.165, 1.54) is 0 Å². The highest BCUT2D eigenvalue weighted by atomic mass is 35.5. The van der Waals surface area contributed by atoms with Crippen molar-refractivity contribution in [1.29, 1.82) is 0 Å². The van der Waals surface area contributed by atoms with E-state index < -0.39 is 10.0 Å². The van der Waals surface area contributed by atoms with Gasteiger partial charge < -0.3 is 5.32 Å². The maximum Gasteiger partial charge on any atom is 0.243 e. The van der Waals surface area contributed by atoms with Gasteiger partial charge in [0.1, 0.15) is 0 Å². The molecule has 0 aliphatic heterocycles. The van der Waals surface area contributed by atoms with Crippen LogP contribution in [0.4, 0.5) is 0 Å². The predicted octanol–water partition coefficient (Wildman–Crippen LogP) is 2.62. The van der Waals surface area contributed by atoms with Crippen molar-refractivity contribution < 1.29 is 8.42 Å². The molecule has 0 radical (unpaired) electrons. The summed E-state index contributed by atoms with van der Waals surface area (Å²) in [6.45, 7) is 5.79. The Morgan fingerprint density at radius 1 is 1.35 bits per heavy atom. The molecule has 2 rings (SSSR count). The molecule has 0 aromatic heterocycles. The van der Waals surface area contributed by atoms with Gasteiger partial charge in [0, 0.05) is 24.2 Å². The van der Waals surface area contributed by atoms with E-state index in [2.05, 4.69) is 5.32 Å². The minimum absolute atomic E-state index is 0.179. The molecule has 0 unspecified atom stereocenters. The number of sulfonamides is 1. The van der Waals surface area contributed by atoms with Gasteiger partial charge in [0.15, 0.2) is 0 Å². The lowest BCUT2D eigenvalue weighted by molar-refractivity contribution is 0.421. The molecule has 0 spiro atoms. The molecule has 1 N–H and O–H groups in total. The fourth-order valence-electron chi connectivity index (χ4n) is 2.23. The number of rotatable bonds is 7. The number of hydrogen-bond acceptors (Lipinski definition) is 3. The topological polar surface area (TPSA) is 49.4 Å². The van der Waals surface area contributed by atoms with E-state index >= 15 is 0 Å². The summed E-state index contributed by atoms with van der Waals surface area (Å²) in [5.74, 6) is 0. The fourth-order valence-corrected chi connectivity index (χ4v) is 4.16.